The molecule has 0 bridgehead atoms. The highest BCUT2D eigenvalue weighted by Gasteiger charge is 2.15. The van der Waals surface area contributed by atoms with E-state index in [0.29, 0.717) is 23.8 Å². The Balaban J connectivity index is 2.09. The van der Waals surface area contributed by atoms with Crippen molar-refractivity contribution in [2.24, 2.45) is 0 Å². The summed E-state index contributed by atoms with van der Waals surface area (Å²) in [5.41, 5.74) is 0.713. The molecule has 2 aromatic heterocycles. The first kappa shape index (κ1) is 12.9. The second-order valence-electron chi connectivity index (χ2n) is 3.86. The first-order chi connectivity index (χ1) is 9.10. The minimum Gasteiger partial charge on any atom is -0.466 e. The Morgan fingerprint density at radius 1 is 1.42 bits per heavy atom. The third-order valence-electron chi connectivity index (χ3n) is 2.32. The van der Waals surface area contributed by atoms with E-state index in [0.717, 1.165) is 5.76 Å². The van der Waals surface area contributed by atoms with E-state index in [2.05, 4.69) is 27.4 Å². The van der Waals surface area contributed by atoms with E-state index in [4.69, 9.17) is 8.83 Å². The van der Waals surface area contributed by atoms with Gasteiger partial charge < -0.3 is 14.2 Å². The van der Waals surface area contributed by atoms with Gasteiger partial charge in [-0.05, 0) is 19.9 Å². The van der Waals surface area contributed by atoms with Crippen LogP contribution in [0.15, 0.2) is 27.6 Å². The number of hydrogen-bond donors (Lipinski definition) is 2. The molecule has 2 N–H and O–H groups in total. The van der Waals surface area contributed by atoms with Gasteiger partial charge in [-0.1, -0.05) is 11.2 Å². The van der Waals surface area contributed by atoms with Crippen LogP contribution in [0.1, 0.15) is 11.5 Å². The fourth-order valence-electron chi connectivity index (χ4n) is 1.53. The maximum absolute atomic E-state index is 11.4. The molecule has 7 nitrogen and oxygen atoms in total. The zero-order valence-electron chi connectivity index (χ0n) is 10.7. The summed E-state index contributed by atoms with van der Waals surface area (Å²) in [6.45, 7) is 7.48. The van der Waals surface area contributed by atoms with Crippen molar-refractivity contribution in [2.75, 3.05) is 11.9 Å². The van der Waals surface area contributed by atoms with Crippen LogP contribution in [0.2, 0.25) is 0 Å². The normalized spacial score (nSPS) is 10.2. The lowest BCUT2D eigenvalue weighted by molar-refractivity contribution is 0.252. The maximum atomic E-state index is 11.4. The molecule has 2 rings (SSSR count). The number of amides is 2. The number of furan rings is 1. The Morgan fingerprint density at radius 2 is 2.21 bits per heavy atom. The van der Waals surface area contributed by atoms with Gasteiger partial charge >= 0.3 is 12.0 Å². The van der Waals surface area contributed by atoms with Gasteiger partial charge in [0.25, 0.3) is 5.89 Å². The highest BCUT2D eigenvalue weighted by Crippen LogP contribution is 2.26. The fourth-order valence-corrected chi connectivity index (χ4v) is 1.53. The van der Waals surface area contributed by atoms with Crippen molar-refractivity contribution in [3.63, 3.8) is 0 Å². The minimum absolute atomic E-state index is 0.0230. The molecule has 0 spiro atoms. The van der Waals surface area contributed by atoms with Crippen LogP contribution in [0.5, 0.6) is 0 Å². The fraction of sp³-hybridized carbons (Fsp3) is 0.250. The third kappa shape index (κ3) is 3.01. The number of anilines is 1. The minimum atomic E-state index is -0.435. The van der Waals surface area contributed by atoms with Crippen LogP contribution >= 0.6 is 0 Å². The topological polar surface area (TPSA) is 93.2 Å². The molecule has 0 atom stereocenters. The molecule has 0 aliphatic heterocycles. The molecule has 0 aromatic carbocycles. The van der Waals surface area contributed by atoms with Gasteiger partial charge in [0.1, 0.15) is 11.5 Å². The van der Waals surface area contributed by atoms with Crippen LogP contribution in [-0.4, -0.2) is 22.8 Å². The first-order valence-corrected chi connectivity index (χ1v) is 5.67. The van der Waals surface area contributed by atoms with Crippen molar-refractivity contribution in [3.8, 4) is 11.5 Å². The van der Waals surface area contributed by atoms with Crippen LogP contribution in [0.3, 0.4) is 0 Å². The van der Waals surface area contributed by atoms with Crippen molar-refractivity contribution >= 4 is 12.0 Å². The van der Waals surface area contributed by atoms with Crippen molar-refractivity contribution in [1.82, 2.24) is 15.5 Å². The Hall–Kier alpha value is -2.57. The molecule has 0 aliphatic carbocycles. The Bertz CT molecular complexity index is 600. The standard InChI is InChI=1S/C12H14N4O3/c1-4-5-13-11(17)14-12-16-15-10(19-12)9-6-7(2)18-8(9)3/h4,6H,1,5H2,2-3H3,(H2,13,14,16,17). The molecule has 7 heteroatoms. The van der Waals surface area contributed by atoms with E-state index in [1.54, 1.807) is 19.1 Å². The second kappa shape index (κ2) is 5.38. The van der Waals surface area contributed by atoms with E-state index in [9.17, 15) is 4.79 Å². The number of aryl methyl sites for hydroxylation is 2. The second-order valence-corrected chi connectivity index (χ2v) is 3.86. The van der Waals surface area contributed by atoms with Gasteiger partial charge in [0, 0.05) is 6.54 Å². The summed E-state index contributed by atoms with van der Waals surface area (Å²) in [5, 5.41) is 12.5. The van der Waals surface area contributed by atoms with Crippen LogP contribution < -0.4 is 10.6 Å². The molecule has 2 heterocycles. The van der Waals surface area contributed by atoms with Gasteiger partial charge in [-0.2, -0.15) is 0 Å². The number of hydrogen-bond acceptors (Lipinski definition) is 5. The lowest BCUT2D eigenvalue weighted by atomic mass is 10.2. The zero-order valence-corrected chi connectivity index (χ0v) is 10.7. The van der Waals surface area contributed by atoms with Gasteiger partial charge in [0.05, 0.1) is 5.56 Å². The molecule has 0 aliphatic rings. The first-order valence-electron chi connectivity index (χ1n) is 5.67. The third-order valence-corrected chi connectivity index (χ3v) is 2.32. The highest BCUT2D eigenvalue weighted by molar-refractivity contribution is 5.87. The van der Waals surface area contributed by atoms with Crippen LogP contribution in [0.25, 0.3) is 11.5 Å². The molecule has 100 valence electrons. The molecular weight excluding hydrogens is 248 g/mol. The molecule has 0 saturated carbocycles. The number of rotatable bonds is 4. The zero-order chi connectivity index (χ0) is 13.8. The smallest absolute Gasteiger partial charge is 0.324 e. The Morgan fingerprint density at radius 3 is 2.84 bits per heavy atom. The van der Waals surface area contributed by atoms with Crippen molar-refractivity contribution < 1.29 is 13.6 Å². The van der Waals surface area contributed by atoms with Crippen LogP contribution in [-0.2, 0) is 0 Å². The quantitative estimate of drug-likeness (QED) is 0.824. The lowest BCUT2D eigenvalue weighted by Crippen LogP contribution is -2.28. The van der Waals surface area contributed by atoms with Crippen LogP contribution in [0.4, 0.5) is 10.8 Å². The lowest BCUT2D eigenvalue weighted by Gasteiger charge is -1.99. The van der Waals surface area contributed by atoms with Crippen molar-refractivity contribution in [1.29, 1.82) is 0 Å². The summed E-state index contributed by atoms with van der Waals surface area (Å²) >= 11 is 0. The summed E-state index contributed by atoms with van der Waals surface area (Å²) in [6.07, 6.45) is 1.57. The number of carbonyl (C=O) groups excluding carboxylic acids is 1. The highest BCUT2D eigenvalue weighted by atomic mass is 16.4. The maximum Gasteiger partial charge on any atom is 0.324 e. The number of urea groups is 1. The predicted octanol–water partition coefficient (Wildman–Crippen LogP) is 2.25. The molecule has 0 saturated heterocycles. The number of carbonyl (C=O) groups is 1. The van der Waals surface area contributed by atoms with Gasteiger partial charge in [-0.25, -0.2) is 4.79 Å². The monoisotopic (exact) mass is 262 g/mol. The summed E-state index contributed by atoms with van der Waals surface area (Å²) in [7, 11) is 0. The molecule has 2 amide bonds. The number of nitrogens with zero attached hydrogens (tertiary/aromatic N) is 2. The van der Waals surface area contributed by atoms with Crippen LogP contribution in [0, 0.1) is 13.8 Å². The van der Waals surface area contributed by atoms with Gasteiger partial charge in [0.15, 0.2) is 0 Å². The van der Waals surface area contributed by atoms with E-state index < -0.39 is 6.03 Å². The molecular formula is C12H14N4O3. The van der Waals surface area contributed by atoms with Gasteiger partial charge in [-0.15, -0.1) is 11.7 Å². The summed E-state index contributed by atoms with van der Waals surface area (Å²) < 4.78 is 10.7. The van der Waals surface area contributed by atoms with E-state index >= 15 is 0 Å². The van der Waals surface area contributed by atoms with E-state index in [-0.39, 0.29) is 6.01 Å². The Labute approximate surface area is 109 Å². The summed E-state index contributed by atoms with van der Waals surface area (Å²) in [4.78, 5) is 11.4. The summed E-state index contributed by atoms with van der Waals surface area (Å²) in [5.74, 6) is 1.74. The molecule has 2 aromatic rings. The number of nitrogens with one attached hydrogen (secondary N) is 2. The number of aromatic nitrogens is 2. The molecule has 0 unspecified atom stereocenters. The molecule has 19 heavy (non-hydrogen) atoms. The van der Waals surface area contributed by atoms with Gasteiger partial charge in [-0.3, -0.25) is 5.32 Å². The van der Waals surface area contributed by atoms with E-state index in [1.165, 1.54) is 0 Å². The van der Waals surface area contributed by atoms with Crippen molar-refractivity contribution in [3.05, 3.63) is 30.2 Å². The largest absolute Gasteiger partial charge is 0.466 e. The molecule has 0 fully saturated rings. The van der Waals surface area contributed by atoms with E-state index in [1.807, 2.05) is 6.92 Å². The molecule has 0 radical (unpaired) electrons. The SMILES string of the molecule is C=CCNC(=O)Nc1nnc(-c2cc(C)oc2C)o1. The average molecular weight is 262 g/mol. The Kier molecular flexibility index (Phi) is 3.65. The summed E-state index contributed by atoms with van der Waals surface area (Å²) in [6, 6.07) is 1.38. The van der Waals surface area contributed by atoms with Gasteiger partial charge in [0.2, 0.25) is 0 Å². The predicted molar refractivity (Wildman–Crippen MR) is 68.7 cm³/mol. The van der Waals surface area contributed by atoms with Crippen molar-refractivity contribution in [2.45, 2.75) is 13.8 Å². The average Bonchev–Trinajstić information content (AvgIpc) is 2.93.